The Morgan fingerprint density at radius 3 is 3.15 bits per heavy atom. The van der Waals surface area contributed by atoms with E-state index in [1.165, 1.54) is 25.0 Å². The molecular formula is C16H23N3S. The van der Waals surface area contributed by atoms with Gasteiger partial charge >= 0.3 is 0 Å². The Bertz CT molecular complexity index is 558. The van der Waals surface area contributed by atoms with Crippen molar-refractivity contribution in [3.05, 3.63) is 39.8 Å². The fourth-order valence-corrected chi connectivity index (χ4v) is 4.35. The normalized spacial score (nSPS) is 19.8. The molecule has 0 aliphatic heterocycles. The summed E-state index contributed by atoms with van der Waals surface area (Å²) in [6.07, 6.45) is 6.95. The number of nitrogens with one attached hydrogen (secondary N) is 1. The van der Waals surface area contributed by atoms with Crippen LogP contribution in [0.15, 0.2) is 23.7 Å². The summed E-state index contributed by atoms with van der Waals surface area (Å²) in [4.78, 5) is 1.60. The molecule has 1 aliphatic rings. The number of aromatic nitrogens is 2. The van der Waals surface area contributed by atoms with E-state index >= 15 is 0 Å². The van der Waals surface area contributed by atoms with Crippen molar-refractivity contribution in [1.82, 2.24) is 15.1 Å². The summed E-state index contributed by atoms with van der Waals surface area (Å²) < 4.78 is 1.90. The highest BCUT2D eigenvalue weighted by Crippen LogP contribution is 2.37. The molecule has 2 aromatic heterocycles. The number of hydrogen-bond acceptors (Lipinski definition) is 3. The van der Waals surface area contributed by atoms with Gasteiger partial charge in [-0.25, -0.2) is 0 Å². The van der Waals surface area contributed by atoms with Crippen molar-refractivity contribution in [3.8, 4) is 0 Å². The Morgan fingerprint density at radius 1 is 1.50 bits per heavy atom. The molecule has 0 aromatic carbocycles. The molecular weight excluding hydrogens is 266 g/mol. The number of rotatable bonds is 5. The van der Waals surface area contributed by atoms with E-state index in [9.17, 15) is 0 Å². The molecule has 0 radical (unpaired) electrons. The maximum atomic E-state index is 4.55. The molecule has 3 nitrogen and oxygen atoms in total. The van der Waals surface area contributed by atoms with E-state index in [2.05, 4.69) is 34.9 Å². The zero-order valence-corrected chi connectivity index (χ0v) is 13.1. The summed E-state index contributed by atoms with van der Waals surface area (Å²) in [6, 6.07) is 4.98. The van der Waals surface area contributed by atoms with E-state index in [4.69, 9.17) is 0 Å². The molecule has 2 heterocycles. The molecule has 0 spiro atoms. The van der Waals surface area contributed by atoms with Gasteiger partial charge in [0.1, 0.15) is 0 Å². The van der Waals surface area contributed by atoms with Gasteiger partial charge in [0.2, 0.25) is 0 Å². The van der Waals surface area contributed by atoms with Gasteiger partial charge in [-0.05, 0) is 48.9 Å². The number of fused-ring (bicyclic) bond motifs is 1. The van der Waals surface area contributed by atoms with Crippen LogP contribution in [0.2, 0.25) is 0 Å². The van der Waals surface area contributed by atoms with Crippen molar-refractivity contribution in [3.63, 3.8) is 0 Å². The van der Waals surface area contributed by atoms with Crippen molar-refractivity contribution in [2.75, 3.05) is 6.54 Å². The minimum absolute atomic E-state index is 0.503. The predicted octanol–water partition coefficient (Wildman–Crippen LogP) is 3.12. The van der Waals surface area contributed by atoms with E-state index in [0.717, 1.165) is 13.0 Å². The SMILES string of the molecule is CCNC(Cc1ccn(C)n1)C1CCCc2sccc21. The average molecular weight is 289 g/mol. The molecule has 0 saturated carbocycles. The molecule has 0 bridgehead atoms. The van der Waals surface area contributed by atoms with Gasteiger partial charge in [0.15, 0.2) is 0 Å². The van der Waals surface area contributed by atoms with Crippen LogP contribution in [-0.4, -0.2) is 22.4 Å². The smallest absolute Gasteiger partial charge is 0.0640 e. The monoisotopic (exact) mass is 289 g/mol. The molecule has 2 atom stereocenters. The fraction of sp³-hybridized carbons (Fsp3) is 0.562. The van der Waals surface area contributed by atoms with E-state index in [1.54, 1.807) is 10.4 Å². The lowest BCUT2D eigenvalue weighted by atomic mass is 9.81. The van der Waals surface area contributed by atoms with Crippen LogP contribution in [0.3, 0.4) is 0 Å². The molecule has 0 fully saturated rings. The topological polar surface area (TPSA) is 29.9 Å². The second-order valence-corrected chi connectivity index (χ2v) is 6.65. The second kappa shape index (κ2) is 6.10. The third kappa shape index (κ3) is 2.81. The molecule has 2 unspecified atom stereocenters. The van der Waals surface area contributed by atoms with Gasteiger partial charge in [-0.3, -0.25) is 4.68 Å². The van der Waals surface area contributed by atoms with Gasteiger partial charge < -0.3 is 5.32 Å². The number of nitrogens with zero attached hydrogens (tertiary/aromatic N) is 2. The summed E-state index contributed by atoms with van der Waals surface area (Å²) in [5.74, 6) is 0.645. The van der Waals surface area contributed by atoms with E-state index < -0.39 is 0 Å². The summed E-state index contributed by atoms with van der Waals surface area (Å²) in [5, 5.41) is 10.5. The summed E-state index contributed by atoms with van der Waals surface area (Å²) in [5.41, 5.74) is 2.78. The van der Waals surface area contributed by atoms with E-state index in [0.29, 0.717) is 12.0 Å². The van der Waals surface area contributed by atoms with Gasteiger partial charge in [-0.1, -0.05) is 6.92 Å². The zero-order chi connectivity index (χ0) is 13.9. The zero-order valence-electron chi connectivity index (χ0n) is 12.3. The third-order valence-corrected chi connectivity index (χ3v) is 5.24. The van der Waals surface area contributed by atoms with E-state index in [1.807, 2.05) is 29.3 Å². The second-order valence-electron chi connectivity index (χ2n) is 5.65. The summed E-state index contributed by atoms with van der Waals surface area (Å²) in [6.45, 7) is 3.22. The molecule has 0 saturated heterocycles. The van der Waals surface area contributed by atoms with Crippen molar-refractivity contribution in [2.24, 2.45) is 7.05 Å². The number of aryl methyl sites for hydroxylation is 2. The lowest BCUT2D eigenvalue weighted by Gasteiger charge is -2.31. The molecule has 1 aliphatic carbocycles. The largest absolute Gasteiger partial charge is 0.313 e. The predicted molar refractivity (Wildman–Crippen MR) is 84.4 cm³/mol. The van der Waals surface area contributed by atoms with Crippen LogP contribution in [-0.2, 0) is 19.9 Å². The standard InChI is InChI=1S/C16H23N3S/c1-3-17-15(11-12-7-9-19(2)18-12)13-5-4-6-16-14(13)8-10-20-16/h7-10,13,15,17H,3-6,11H2,1-2H3. The van der Waals surface area contributed by atoms with Gasteiger partial charge in [0.25, 0.3) is 0 Å². The van der Waals surface area contributed by atoms with Gasteiger partial charge in [0.05, 0.1) is 5.69 Å². The van der Waals surface area contributed by atoms with Crippen molar-refractivity contribution < 1.29 is 0 Å². The van der Waals surface area contributed by atoms with E-state index in [-0.39, 0.29) is 0 Å². The van der Waals surface area contributed by atoms with Crippen molar-refractivity contribution in [2.45, 2.75) is 44.6 Å². The Morgan fingerprint density at radius 2 is 2.40 bits per heavy atom. The first-order valence-electron chi connectivity index (χ1n) is 7.56. The first-order valence-corrected chi connectivity index (χ1v) is 8.44. The maximum Gasteiger partial charge on any atom is 0.0640 e. The Balaban J connectivity index is 1.81. The Hall–Kier alpha value is -1.13. The van der Waals surface area contributed by atoms with Gasteiger partial charge in [0, 0.05) is 36.5 Å². The quantitative estimate of drug-likeness (QED) is 0.916. The molecule has 2 aromatic rings. The van der Waals surface area contributed by atoms with Crippen molar-refractivity contribution in [1.29, 1.82) is 0 Å². The first kappa shape index (κ1) is 13.8. The lowest BCUT2D eigenvalue weighted by molar-refractivity contribution is 0.395. The fourth-order valence-electron chi connectivity index (χ4n) is 3.36. The molecule has 1 N–H and O–H groups in total. The first-order chi connectivity index (χ1) is 9.78. The highest BCUT2D eigenvalue weighted by Gasteiger charge is 2.28. The van der Waals surface area contributed by atoms with Crippen LogP contribution in [0.25, 0.3) is 0 Å². The highest BCUT2D eigenvalue weighted by molar-refractivity contribution is 7.10. The minimum atomic E-state index is 0.503. The van der Waals surface area contributed by atoms with Crippen LogP contribution >= 0.6 is 11.3 Å². The number of hydrogen-bond donors (Lipinski definition) is 1. The number of likely N-dealkylation sites (N-methyl/N-ethyl adjacent to an activating group) is 1. The highest BCUT2D eigenvalue weighted by atomic mass is 32.1. The average Bonchev–Trinajstić information content (AvgIpc) is 3.06. The lowest BCUT2D eigenvalue weighted by Crippen LogP contribution is -2.38. The van der Waals surface area contributed by atoms with Crippen LogP contribution in [0.1, 0.15) is 41.8 Å². The Kier molecular flexibility index (Phi) is 4.22. The molecule has 0 amide bonds. The van der Waals surface area contributed by atoms with Gasteiger partial charge in [-0.15, -0.1) is 11.3 Å². The minimum Gasteiger partial charge on any atom is -0.313 e. The maximum absolute atomic E-state index is 4.55. The van der Waals surface area contributed by atoms with Crippen molar-refractivity contribution >= 4 is 11.3 Å². The van der Waals surface area contributed by atoms with Crippen LogP contribution in [0, 0.1) is 0 Å². The van der Waals surface area contributed by atoms with Crippen LogP contribution < -0.4 is 5.32 Å². The molecule has 20 heavy (non-hydrogen) atoms. The third-order valence-electron chi connectivity index (χ3n) is 4.25. The van der Waals surface area contributed by atoms with Gasteiger partial charge in [-0.2, -0.15) is 5.10 Å². The number of thiophene rings is 1. The van der Waals surface area contributed by atoms with Crippen LogP contribution in [0.5, 0.6) is 0 Å². The Labute approximate surface area is 125 Å². The summed E-state index contributed by atoms with van der Waals surface area (Å²) >= 11 is 1.93. The van der Waals surface area contributed by atoms with Crippen LogP contribution in [0.4, 0.5) is 0 Å². The molecule has 3 rings (SSSR count). The molecule has 108 valence electrons. The summed E-state index contributed by atoms with van der Waals surface area (Å²) in [7, 11) is 1.99. The molecule has 4 heteroatoms.